The number of carbonyl (C=O) groups is 1. The van der Waals surface area contributed by atoms with Crippen molar-refractivity contribution in [2.24, 2.45) is 0 Å². The van der Waals surface area contributed by atoms with Crippen LogP contribution < -0.4 is 5.32 Å². The van der Waals surface area contributed by atoms with E-state index < -0.39 is 0 Å². The standard InChI is InChI=1S/C13H14N2O2/c1-10-4-2-3-5-12(10)13(16)14-7-6-11-8-17-9-15-11/h2-5,8-9H,6-7H2,1H3,(H,14,16). The van der Waals surface area contributed by atoms with Gasteiger partial charge in [0, 0.05) is 18.5 Å². The number of carbonyl (C=O) groups excluding carboxylic acids is 1. The first-order valence-electron chi connectivity index (χ1n) is 5.48. The molecule has 0 radical (unpaired) electrons. The van der Waals surface area contributed by atoms with Gasteiger partial charge in [0.2, 0.25) is 0 Å². The van der Waals surface area contributed by atoms with Gasteiger partial charge in [0.05, 0.1) is 5.69 Å². The van der Waals surface area contributed by atoms with E-state index in [4.69, 9.17) is 4.42 Å². The minimum Gasteiger partial charge on any atom is -0.451 e. The highest BCUT2D eigenvalue weighted by Gasteiger charge is 2.07. The predicted octanol–water partition coefficient (Wildman–Crippen LogP) is 1.96. The Morgan fingerprint density at radius 1 is 1.41 bits per heavy atom. The van der Waals surface area contributed by atoms with Crippen molar-refractivity contribution in [2.45, 2.75) is 13.3 Å². The van der Waals surface area contributed by atoms with E-state index in [-0.39, 0.29) is 5.91 Å². The Labute approximate surface area is 99.7 Å². The largest absolute Gasteiger partial charge is 0.451 e. The molecule has 0 bridgehead atoms. The molecule has 4 heteroatoms. The van der Waals surface area contributed by atoms with E-state index in [0.717, 1.165) is 11.3 Å². The Morgan fingerprint density at radius 3 is 2.94 bits per heavy atom. The van der Waals surface area contributed by atoms with Crippen LogP contribution in [-0.4, -0.2) is 17.4 Å². The molecule has 4 nitrogen and oxygen atoms in total. The SMILES string of the molecule is Cc1ccccc1C(=O)NCCc1cocn1. The minimum absolute atomic E-state index is 0.0494. The molecule has 0 aliphatic heterocycles. The minimum atomic E-state index is -0.0494. The number of hydrogen-bond acceptors (Lipinski definition) is 3. The number of hydrogen-bond donors (Lipinski definition) is 1. The molecule has 2 aromatic rings. The van der Waals surface area contributed by atoms with Crippen LogP contribution in [0.25, 0.3) is 0 Å². The van der Waals surface area contributed by atoms with Crippen molar-refractivity contribution < 1.29 is 9.21 Å². The Morgan fingerprint density at radius 2 is 2.24 bits per heavy atom. The van der Waals surface area contributed by atoms with Crippen LogP contribution in [0.5, 0.6) is 0 Å². The second-order valence-corrected chi connectivity index (χ2v) is 3.80. The number of nitrogens with zero attached hydrogens (tertiary/aromatic N) is 1. The Balaban J connectivity index is 1.88. The summed E-state index contributed by atoms with van der Waals surface area (Å²) in [7, 11) is 0. The lowest BCUT2D eigenvalue weighted by atomic mass is 10.1. The maximum absolute atomic E-state index is 11.8. The van der Waals surface area contributed by atoms with Crippen molar-refractivity contribution in [3.63, 3.8) is 0 Å². The Hall–Kier alpha value is -2.10. The Kier molecular flexibility index (Phi) is 3.55. The average molecular weight is 230 g/mol. The molecule has 2 rings (SSSR count). The van der Waals surface area contributed by atoms with Crippen LogP contribution in [-0.2, 0) is 6.42 Å². The first-order chi connectivity index (χ1) is 8.27. The van der Waals surface area contributed by atoms with Gasteiger partial charge in [-0.15, -0.1) is 0 Å². The molecule has 88 valence electrons. The third-order valence-electron chi connectivity index (χ3n) is 2.54. The van der Waals surface area contributed by atoms with Crippen molar-refractivity contribution >= 4 is 5.91 Å². The van der Waals surface area contributed by atoms with E-state index in [1.54, 1.807) is 6.26 Å². The number of aromatic nitrogens is 1. The quantitative estimate of drug-likeness (QED) is 0.873. The molecule has 0 fully saturated rings. The number of oxazole rings is 1. The normalized spacial score (nSPS) is 10.2. The van der Waals surface area contributed by atoms with Crippen LogP contribution in [0, 0.1) is 6.92 Å². The monoisotopic (exact) mass is 230 g/mol. The van der Waals surface area contributed by atoms with Gasteiger partial charge < -0.3 is 9.73 Å². The van der Waals surface area contributed by atoms with Crippen LogP contribution in [0.3, 0.4) is 0 Å². The number of benzene rings is 1. The zero-order valence-corrected chi connectivity index (χ0v) is 9.64. The van der Waals surface area contributed by atoms with E-state index in [1.807, 2.05) is 31.2 Å². The highest BCUT2D eigenvalue weighted by molar-refractivity contribution is 5.95. The van der Waals surface area contributed by atoms with Gasteiger partial charge >= 0.3 is 0 Å². The van der Waals surface area contributed by atoms with Gasteiger partial charge in [-0.1, -0.05) is 18.2 Å². The maximum Gasteiger partial charge on any atom is 0.251 e. The van der Waals surface area contributed by atoms with E-state index in [1.165, 1.54) is 6.39 Å². The summed E-state index contributed by atoms with van der Waals surface area (Å²) in [5, 5.41) is 2.86. The first-order valence-corrected chi connectivity index (χ1v) is 5.48. The molecule has 0 atom stereocenters. The van der Waals surface area contributed by atoms with Crippen LogP contribution in [0.15, 0.2) is 41.3 Å². The summed E-state index contributed by atoms with van der Waals surface area (Å²) in [5.41, 5.74) is 2.54. The number of nitrogens with one attached hydrogen (secondary N) is 1. The number of rotatable bonds is 4. The fourth-order valence-electron chi connectivity index (χ4n) is 1.59. The van der Waals surface area contributed by atoms with E-state index in [9.17, 15) is 4.79 Å². The lowest BCUT2D eigenvalue weighted by Gasteiger charge is -2.06. The van der Waals surface area contributed by atoms with Gasteiger partial charge in [-0.25, -0.2) is 4.98 Å². The van der Waals surface area contributed by atoms with Crippen molar-refractivity contribution in [1.29, 1.82) is 0 Å². The molecule has 0 saturated heterocycles. The van der Waals surface area contributed by atoms with Gasteiger partial charge in [-0.2, -0.15) is 0 Å². The smallest absolute Gasteiger partial charge is 0.251 e. The fraction of sp³-hybridized carbons (Fsp3) is 0.231. The molecular formula is C13H14N2O2. The van der Waals surface area contributed by atoms with Gasteiger partial charge in [0.25, 0.3) is 5.91 Å². The van der Waals surface area contributed by atoms with E-state index in [0.29, 0.717) is 18.5 Å². The predicted molar refractivity (Wildman–Crippen MR) is 63.7 cm³/mol. The molecule has 17 heavy (non-hydrogen) atoms. The summed E-state index contributed by atoms with van der Waals surface area (Å²) in [6, 6.07) is 7.52. The summed E-state index contributed by atoms with van der Waals surface area (Å²) in [5.74, 6) is -0.0494. The second kappa shape index (κ2) is 5.30. The molecule has 1 heterocycles. The zero-order valence-electron chi connectivity index (χ0n) is 9.64. The lowest BCUT2D eigenvalue weighted by Crippen LogP contribution is -2.26. The highest BCUT2D eigenvalue weighted by Crippen LogP contribution is 2.06. The van der Waals surface area contributed by atoms with Gasteiger partial charge in [0.1, 0.15) is 6.26 Å². The third-order valence-corrected chi connectivity index (χ3v) is 2.54. The van der Waals surface area contributed by atoms with Gasteiger partial charge in [-0.3, -0.25) is 4.79 Å². The Bertz CT molecular complexity index is 492. The van der Waals surface area contributed by atoms with Gasteiger partial charge in [-0.05, 0) is 18.6 Å². The van der Waals surface area contributed by atoms with E-state index in [2.05, 4.69) is 10.3 Å². The lowest BCUT2D eigenvalue weighted by molar-refractivity contribution is 0.0953. The van der Waals surface area contributed by atoms with Crippen molar-refractivity contribution in [2.75, 3.05) is 6.54 Å². The van der Waals surface area contributed by atoms with Crippen LogP contribution in [0.2, 0.25) is 0 Å². The molecule has 0 aliphatic carbocycles. The van der Waals surface area contributed by atoms with Crippen molar-refractivity contribution in [1.82, 2.24) is 10.3 Å². The number of aryl methyl sites for hydroxylation is 1. The van der Waals surface area contributed by atoms with Crippen LogP contribution >= 0.6 is 0 Å². The highest BCUT2D eigenvalue weighted by atomic mass is 16.3. The van der Waals surface area contributed by atoms with Crippen LogP contribution in [0.1, 0.15) is 21.6 Å². The zero-order chi connectivity index (χ0) is 12.1. The summed E-state index contributed by atoms with van der Waals surface area (Å²) in [4.78, 5) is 15.8. The van der Waals surface area contributed by atoms with Crippen LogP contribution in [0.4, 0.5) is 0 Å². The molecular weight excluding hydrogens is 216 g/mol. The molecule has 1 aromatic heterocycles. The van der Waals surface area contributed by atoms with Gasteiger partial charge in [0.15, 0.2) is 6.39 Å². The second-order valence-electron chi connectivity index (χ2n) is 3.80. The van der Waals surface area contributed by atoms with Crippen molar-refractivity contribution in [3.05, 3.63) is 53.7 Å². The topological polar surface area (TPSA) is 55.1 Å². The summed E-state index contributed by atoms with van der Waals surface area (Å²) >= 11 is 0. The molecule has 1 amide bonds. The third kappa shape index (κ3) is 2.93. The van der Waals surface area contributed by atoms with E-state index >= 15 is 0 Å². The average Bonchev–Trinajstić information content (AvgIpc) is 2.82. The van der Waals surface area contributed by atoms with Crippen molar-refractivity contribution in [3.8, 4) is 0 Å². The summed E-state index contributed by atoms with van der Waals surface area (Å²) in [6.07, 6.45) is 3.65. The molecule has 1 N–H and O–H groups in total. The molecule has 1 aromatic carbocycles. The molecule has 0 unspecified atom stereocenters. The summed E-state index contributed by atoms with van der Waals surface area (Å²) in [6.45, 7) is 2.48. The maximum atomic E-state index is 11.8. The first kappa shape index (κ1) is 11.4. The molecule has 0 saturated carbocycles. The fourth-order valence-corrected chi connectivity index (χ4v) is 1.59. The summed E-state index contributed by atoms with van der Waals surface area (Å²) < 4.78 is 4.85. The molecule has 0 spiro atoms. The molecule has 0 aliphatic rings. The number of amides is 1.